The van der Waals surface area contributed by atoms with Gasteiger partial charge in [-0.2, -0.15) is 0 Å². The molecule has 0 aromatic heterocycles. The van der Waals surface area contributed by atoms with Gasteiger partial charge < -0.3 is 5.32 Å². The van der Waals surface area contributed by atoms with Gasteiger partial charge in [-0.25, -0.2) is 13.1 Å². The molecule has 0 spiro atoms. The fraction of sp³-hybridized carbons (Fsp3) is 0.538. The Bertz CT molecular complexity index is 540. The van der Waals surface area contributed by atoms with Crippen molar-refractivity contribution >= 4 is 26.0 Å². The third kappa shape index (κ3) is 3.78. The van der Waals surface area contributed by atoms with Crippen molar-refractivity contribution in [3.05, 3.63) is 28.2 Å². The Morgan fingerprint density at radius 1 is 1.32 bits per heavy atom. The maximum atomic E-state index is 12.4. The van der Waals surface area contributed by atoms with E-state index in [1.807, 2.05) is 13.1 Å². The lowest BCUT2D eigenvalue weighted by Gasteiger charge is -2.14. The van der Waals surface area contributed by atoms with Gasteiger partial charge in [-0.05, 0) is 53.5 Å². The van der Waals surface area contributed by atoms with E-state index in [2.05, 4.69) is 26.0 Å². The Kier molecular flexibility index (Phi) is 5.00. The highest BCUT2D eigenvalue weighted by molar-refractivity contribution is 9.10. The van der Waals surface area contributed by atoms with E-state index in [9.17, 15) is 8.42 Å². The molecule has 1 aromatic rings. The minimum absolute atomic E-state index is 0.0878. The van der Waals surface area contributed by atoms with E-state index in [1.165, 1.54) is 0 Å². The number of sulfonamides is 1. The van der Waals surface area contributed by atoms with Crippen molar-refractivity contribution < 1.29 is 8.42 Å². The molecule has 4 nitrogen and oxygen atoms in total. The zero-order valence-electron chi connectivity index (χ0n) is 10.9. The van der Waals surface area contributed by atoms with E-state index in [4.69, 9.17) is 0 Å². The largest absolute Gasteiger partial charge is 0.316 e. The van der Waals surface area contributed by atoms with Crippen LogP contribution < -0.4 is 10.0 Å². The molecule has 1 aliphatic rings. The molecule has 0 atom stereocenters. The van der Waals surface area contributed by atoms with Crippen molar-refractivity contribution in [3.8, 4) is 0 Å². The van der Waals surface area contributed by atoms with Crippen molar-refractivity contribution in [2.24, 2.45) is 0 Å². The van der Waals surface area contributed by atoms with Crippen LogP contribution in [-0.2, 0) is 16.6 Å². The monoisotopic (exact) mass is 346 g/mol. The van der Waals surface area contributed by atoms with Crippen LogP contribution in [0.4, 0.5) is 0 Å². The van der Waals surface area contributed by atoms with E-state index in [-0.39, 0.29) is 6.04 Å². The van der Waals surface area contributed by atoms with Crippen molar-refractivity contribution in [3.63, 3.8) is 0 Å². The lowest BCUT2D eigenvalue weighted by Crippen LogP contribution is -2.32. The summed E-state index contributed by atoms with van der Waals surface area (Å²) in [6, 6.07) is 5.51. The number of hydrogen-bond acceptors (Lipinski definition) is 3. The maximum Gasteiger partial charge on any atom is 0.241 e. The molecule has 1 saturated carbocycles. The average Bonchev–Trinajstić information content (AvgIpc) is 2.84. The molecule has 0 heterocycles. The van der Waals surface area contributed by atoms with E-state index in [0.717, 1.165) is 31.2 Å². The zero-order valence-corrected chi connectivity index (χ0v) is 13.4. The summed E-state index contributed by atoms with van der Waals surface area (Å²) in [6.45, 7) is 0.652. The molecule has 19 heavy (non-hydrogen) atoms. The molecule has 2 rings (SSSR count). The molecule has 1 aromatic carbocycles. The topological polar surface area (TPSA) is 58.2 Å². The lowest BCUT2D eigenvalue weighted by atomic mass is 10.2. The Balaban J connectivity index is 2.25. The summed E-state index contributed by atoms with van der Waals surface area (Å²) >= 11 is 3.33. The summed E-state index contributed by atoms with van der Waals surface area (Å²) in [4.78, 5) is 0.326. The number of hydrogen-bond donors (Lipinski definition) is 2. The summed E-state index contributed by atoms with van der Waals surface area (Å²) < 4.78 is 28.2. The first kappa shape index (κ1) is 15.0. The Labute approximate surface area is 123 Å². The molecule has 1 aliphatic carbocycles. The second-order valence-corrected chi connectivity index (χ2v) is 7.43. The third-order valence-corrected chi connectivity index (χ3v) is 5.86. The molecule has 6 heteroatoms. The van der Waals surface area contributed by atoms with E-state index in [1.54, 1.807) is 12.1 Å². The summed E-state index contributed by atoms with van der Waals surface area (Å²) in [5.41, 5.74) is 0.956. The van der Waals surface area contributed by atoms with E-state index >= 15 is 0 Å². The number of halogens is 1. The molecule has 1 fully saturated rings. The third-order valence-electron chi connectivity index (χ3n) is 3.34. The van der Waals surface area contributed by atoms with Gasteiger partial charge in [0.1, 0.15) is 0 Å². The standard InChI is InChI=1S/C13H19BrN2O2S/c1-15-9-10-6-7-12(14)13(8-10)19(17,18)16-11-4-2-3-5-11/h6-8,11,15-16H,2-5,9H2,1H3. The van der Waals surface area contributed by atoms with Gasteiger partial charge in [-0.3, -0.25) is 0 Å². The van der Waals surface area contributed by atoms with Gasteiger partial charge in [0.05, 0.1) is 4.90 Å². The highest BCUT2D eigenvalue weighted by atomic mass is 79.9. The summed E-state index contributed by atoms with van der Waals surface area (Å²) in [6.07, 6.45) is 4.09. The van der Waals surface area contributed by atoms with Crippen LogP contribution in [0.1, 0.15) is 31.2 Å². The Morgan fingerprint density at radius 2 is 2.00 bits per heavy atom. The molecule has 0 amide bonds. The van der Waals surface area contributed by atoms with Crippen LogP contribution in [0.5, 0.6) is 0 Å². The predicted octanol–water partition coefficient (Wildman–Crippen LogP) is 2.39. The molecule has 106 valence electrons. The summed E-state index contributed by atoms with van der Waals surface area (Å²) in [5.74, 6) is 0. The van der Waals surface area contributed by atoms with E-state index < -0.39 is 10.0 Å². The van der Waals surface area contributed by atoms with Gasteiger partial charge in [0.2, 0.25) is 10.0 Å². The highest BCUT2D eigenvalue weighted by Crippen LogP contribution is 2.25. The van der Waals surface area contributed by atoms with Crippen LogP contribution in [0.25, 0.3) is 0 Å². The molecular formula is C13H19BrN2O2S. The quantitative estimate of drug-likeness (QED) is 0.860. The van der Waals surface area contributed by atoms with E-state index in [0.29, 0.717) is 15.9 Å². The van der Waals surface area contributed by atoms with Crippen LogP contribution in [0.3, 0.4) is 0 Å². The van der Waals surface area contributed by atoms with Gasteiger partial charge in [0, 0.05) is 17.1 Å². The first-order valence-electron chi connectivity index (χ1n) is 6.48. The minimum Gasteiger partial charge on any atom is -0.316 e. The highest BCUT2D eigenvalue weighted by Gasteiger charge is 2.24. The molecular weight excluding hydrogens is 328 g/mol. The Morgan fingerprint density at radius 3 is 2.63 bits per heavy atom. The number of nitrogens with one attached hydrogen (secondary N) is 2. The SMILES string of the molecule is CNCc1ccc(Br)c(S(=O)(=O)NC2CCCC2)c1. The van der Waals surface area contributed by atoms with Gasteiger partial charge in [-0.1, -0.05) is 18.9 Å². The fourth-order valence-electron chi connectivity index (χ4n) is 2.39. The summed E-state index contributed by atoms with van der Waals surface area (Å²) in [7, 11) is -1.60. The van der Waals surface area contributed by atoms with Crippen LogP contribution in [-0.4, -0.2) is 21.5 Å². The van der Waals surface area contributed by atoms with Crippen molar-refractivity contribution in [2.75, 3.05) is 7.05 Å². The van der Waals surface area contributed by atoms with Crippen molar-refractivity contribution in [1.82, 2.24) is 10.0 Å². The molecule has 2 N–H and O–H groups in total. The van der Waals surface area contributed by atoms with Crippen LogP contribution in [0, 0.1) is 0 Å². The molecule has 0 saturated heterocycles. The van der Waals surface area contributed by atoms with Gasteiger partial charge >= 0.3 is 0 Å². The van der Waals surface area contributed by atoms with Crippen molar-refractivity contribution in [2.45, 2.75) is 43.2 Å². The smallest absolute Gasteiger partial charge is 0.241 e. The molecule has 0 radical (unpaired) electrons. The summed E-state index contributed by atoms with van der Waals surface area (Å²) in [5, 5.41) is 3.02. The van der Waals surface area contributed by atoms with Crippen LogP contribution in [0.15, 0.2) is 27.6 Å². The first-order chi connectivity index (χ1) is 9.03. The molecule has 0 bridgehead atoms. The van der Waals surface area contributed by atoms with Gasteiger partial charge in [-0.15, -0.1) is 0 Å². The van der Waals surface area contributed by atoms with Crippen molar-refractivity contribution in [1.29, 1.82) is 0 Å². The average molecular weight is 347 g/mol. The number of rotatable bonds is 5. The zero-order chi connectivity index (χ0) is 13.9. The fourth-order valence-corrected chi connectivity index (χ4v) is 4.71. The lowest BCUT2D eigenvalue weighted by molar-refractivity contribution is 0.551. The maximum absolute atomic E-state index is 12.4. The van der Waals surface area contributed by atoms with Gasteiger partial charge in [0.15, 0.2) is 0 Å². The minimum atomic E-state index is -3.44. The Hall–Kier alpha value is -0.430. The molecule has 0 unspecified atom stereocenters. The van der Waals surface area contributed by atoms with Crippen LogP contribution >= 0.6 is 15.9 Å². The predicted molar refractivity (Wildman–Crippen MR) is 79.5 cm³/mol. The first-order valence-corrected chi connectivity index (χ1v) is 8.76. The van der Waals surface area contributed by atoms with Crippen LogP contribution in [0.2, 0.25) is 0 Å². The van der Waals surface area contributed by atoms with Gasteiger partial charge in [0.25, 0.3) is 0 Å². The second kappa shape index (κ2) is 6.35. The molecule has 0 aliphatic heterocycles. The second-order valence-electron chi connectivity index (χ2n) is 4.90. The normalized spacial score (nSPS) is 16.9. The number of benzene rings is 1.